The number of nitrogens with zero attached hydrogens (tertiary/aromatic N) is 5. The highest BCUT2D eigenvalue weighted by Gasteiger charge is 2.32. The summed E-state index contributed by atoms with van der Waals surface area (Å²) in [6, 6.07) is 4.44. The summed E-state index contributed by atoms with van der Waals surface area (Å²) in [6.07, 6.45) is 1.51. The third-order valence-corrected chi connectivity index (χ3v) is 5.50. The Labute approximate surface area is 172 Å². The van der Waals surface area contributed by atoms with E-state index >= 15 is 0 Å². The molecule has 4 rings (SSSR count). The van der Waals surface area contributed by atoms with Gasteiger partial charge in [0.15, 0.2) is 0 Å². The van der Waals surface area contributed by atoms with E-state index in [-0.39, 0.29) is 40.5 Å². The highest BCUT2D eigenvalue weighted by molar-refractivity contribution is 6.33. The van der Waals surface area contributed by atoms with Gasteiger partial charge in [-0.15, -0.1) is 22.6 Å². The highest BCUT2D eigenvalue weighted by Crippen LogP contribution is 2.32. The highest BCUT2D eigenvalue weighted by atomic mass is 35.5. The minimum Gasteiger partial charge on any atom is -0.338 e. The van der Waals surface area contributed by atoms with Crippen LogP contribution < -0.4 is 5.32 Å². The smallest absolute Gasteiger partial charge is 0.300 e. The molecule has 0 aliphatic carbocycles. The van der Waals surface area contributed by atoms with Gasteiger partial charge in [-0.1, -0.05) is 17.7 Å². The van der Waals surface area contributed by atoms with Crippen LogP contribution in [0.15, 0.2) is 18.2 Å². The molecule has 2 aromatic rings. The first-order valence-electron chi connectivity index (χ1n) is 8.91. The number of para-hydroxylation sites is 1. The number of hydrogen-bond acceptors (Lipinski definition) is 6. The Bertz CT molecular complexity index is 895. The average molecular weight is 427 g/mol. The monoisotopic (exact) mass is 426 g/mol. The van der Waals surface area contributed by atoms with E-state index < -0.39 is 4.92 Å². The Balaban J connectivity index is 0.00000225. The number of amides is 1. The molecule has 0 radical (unpaired) electrons. The van der Waals surface area contributed by atoms with E-state index in [0.717, 1.165) is 44.1 Å². The summed E-state index contributed by atoms with van der Waals surface area (Å²) in [5.41, 5.74) is -0.290. The Morgan fingerprint density at radius 1 is 1.25 bits per heavy atom. The predicted molar refractivity (Wildman–Crippen MR) is 105 cm³/mol. The summed E-state index contributed by atoms with van der Waals surface area (Å²) in [7, 11) is 0. The van der Waals surface area contributed by atoms with Crippen molar-refractivity contribution in [1.29, 1.82) is 0 Å². The van der Waals surface area contributed by atoms with E-state index in [0.29, 0.717) is 13.1 Å². The van der Waals surface area contributed by atoms with Crippen molar-refractivity contribution in [3.05, 3.63) is 50.5 Å². The number of carbonyl (C=O) groups excluding carboxylic acids is 1. The molecule has 1 aromatic carbocycles. The fraction of sp³-hybridized carbons (Fsp3) is 0.471. The number of fused-ring (bicyclic) bond motifs is 1. The van der Waals surface area contributed by atoms with Crippen LogP contribution in [0.1, 0.15) is 40.8 Å². The first kappa shape index (κ1) is 20.5. The summed E-state index contributed by atoms with van der Waals surface area (Å²) >= 11 is 5.93. The van der Waals surface area contributed by atoms with E-state index in [1.807, 2.05) is 0 Å². The van der Waals surface area contributed by atoms with Gasteiger partial charge in [0.25, 0.3) is 5.91 Å². The van der Waals surface area contributed by atoms with Crippen molar-refractivity contribution in [2.45, 2.75) is 31.8 Å². The number of aromatic nitrogens is 3. The number of nitrogens with one attached hydrogen (secondary N) is 1. The third kappa shape index (κ3) is 3.69. The number of rotatable bonds is 3. The Hall–Kier alpha value is -2.23. The SMILES string of the molecule is Cl.O=C(c1cccc(Cl)c1[N+](=O)[O-])N1CCC(c2nnc3n2CCNC3)CC1. The number of hydrogen-bond donors (Lipinski definition) is 1. The molecular formula is C17H20Cl2N6O3. The molecule has 9 nitrogen and oxygen atoms in total. The number of nitro benzene ring substituents is 1. The molecule has 0 bridgehead atoms. The quantitative estimate of drug-likeness (QED) is 0.596. The molecule has 2 aliphatic rings. The van der Waals surface area contributed by atoms with Gasteiger partial charge in [0, 0.05) is 32.1 Å². The molecule has 28 heavy (non-hydrogen) atoms. The molecule has 3 heterocycles. The maximum atomic E-state index is 12.8. The van der Waals surface area contributed by atoms with Crippen LogP contribution >= 0.6 is 24.0 Å². The van der Waals surface area contributed by atoms with Gasteiger partial charge in [0.1, 0.15) is 22.2 Å². The fourth-order valence-corrected chi connectivity index (χ4v) is 4.04. The molecule has 11 heteroatoms. The van der Waals surface area contributed by atoms with E-state index in [1.54, 1.807) is 11.0 Å². The lowest BCUT2D eigenvalue weighted by atomic mass is 9.95. The first-order chi connectivity index (χ1) is 13.1. The van der Waals surface area contributed by atoms with Crippen LogP contribution in [0.2, 0.25) is 5.02 Å². The lowest BCUT2D eigenvalue weighted by Gasteiger charge is -2.32. The number of benzene rings is 1. The van der Waals surface area contributed by atoms with E-state index in [2.05, 4.69) is 20.1 Å². The first-order valence-corrected chi connectivity index (χ1v) is 9.29. The Morgan fingerprint density at radius 3 is 2.71 bits per heavy atom. The van der Waals surface area contributed by atoms with Gasteiger partial charge in [-0.2, -0.15) is 0 Å². The molecule has 1 amide bonds. The molecule has 1 N–H and O–H groups in total. The maximum Gasteiger partial charge on any atom is 0.300 e. The number of carbonyl (C=O) groups is 1. The number of nitro groups is 1. The summed E-state index contributed by atoms with van der Waals surface area (Å²) in [4.78, 5) is 25.2. The molecule has 150 valence electrons. The van der Waals surface area contributed by atoms with Crippen molar-refractivity contribution in [1.82, 2.24) is 25.0 Å². The fourth-order valence-electron chi connectivity index (χ4n) is 3.80. The van der Waals surface area contributed by atoms with Crippen LogP contribution in [0.5, 0.6) is 0 Å². The Morgan fingerprint density at radius 2 is 2.00 bits per heavy atom. The van der Waals surface area contributed by atoms with Crippen molar-refractivity contribution in [2.24, 2.45) is 0 Å². The molecule has 0 saturated carbocycles. The second-order valence-electron chi connectivity index (χ2n) is 6.76. The zero-order valence-corrected chi connectivity index (χ0v) is 16.6. The number of halogens is 2. The predicted octanol–water partition coefficient (Wildman–Crippen LogP) is 2.38. The van der Waals surface area contributed by atoms with Crippen LogP contribution in [-0.2, 0) is 13.1 Å². The van der Waals surface area contributed by atoms with Gasteiger partial charge < -0.3 is 14.8 Å². The summed E-state index contributed by atoms with van der Waals surface area (Å²) in [5.74, 6) is 1.81. The second kappa shape index (κ2) is 8.42. The largest absolute Gasteiger partial charge is 0.338 e. The second-order valence-corrected chi connectivity index (χ2v) is 7.17. The molecule has 0 unspecified atom stereocenters. The van der Waals surface area contributed by atoms with Crippen LogP contribution in [0.4, 0.5) is 5.69 Å². The van der Waals surface area contributed by atoms with Crippen LogP contribution in [0.3, 0.4) is 0 Å². The molecular weight excluding hydrogens is 407 g/mol. The van der Waals surface area contributed by atoms with Crippen molar-refractivity contribution in [3.8, 4) is 0 Å². The zero-order chi connectivity index (χ0) is 19.0. The zero-order valence-electron chi connectivity index (χ0n) is 15.0. The van der Waals surface area contributed by atoms with Crippen LogP contribution in [0.25, 0.3) is 0 Å². The lowest BCUT2D eigenvalue weighted by molar-refractivity contribution is -0.385. The summed E-state index contributed by atoms with van der Waals surface area (Å²) in [5, 5.41) is 23.2. The Kier molecular flexibility index (Phi) is 6.17. The molecule has 0 spiro atoms. The maximum absolute atomic E-state index is 12.8. The third-order valence-electron chi connectivity index (χ3n) is 5.20. The van der Waals surface area contributed by atoms with Crippen molar-refractivity contribution in [2.75, 3.05) is 19.6 Å². The van der Waals surface area contributed by atoms with Gasteiger partial charge in [-0.25, -0.2) is 0 Å². The summed E-state index contributed by atoms with van der Waals surface area (Å²) < 4.78 is 2.17. The van der Waals surface area contributed by atoms with Gasteiger partial charge in [0.05, 0.1) is 11.5 Å². The summed E-state index contributed by atoms with van der Waals surface area (Å²) in [6.45, 7) is 3.52. The minimum absolute atomic E-state index is 0. The van der Waals surface area contributed by atoms with Gasteiger partial charge in [-0.3, -0.25) is 14.9 Å². The topological polar surface area (TPSA) is 106 Å². The number of likely N-dealkylation sites (tertiary alicyclic amines) is 1. The van der Waals surface area contributed by atoms with E-state index in [9.17, 15) is 14.9 Å². The van der Waals surface area contributed by atoms with Gasteiger partial charge in [-0.05, 0) is 25.0 Å². The van der Waals surface area contributed by atoms with Gasteiger partial charge >= 0.3 is 5.69 Å². The van der Waals surface area contributed by atoms with E-state index in [1.165, 1.54) is 12.1 Å². The van der Waals surface area contributed by atoms with Crippen molar-refractivity contribution < 1.29 is 9.72 Å². The molecule has 1 saturated heterocycles. The van der Waals surface area contributed by atoms with Crippen molar-refractivity contribution in [3.63, 3.8) is 0 Å². The lowest BCUT2D eigenvalue weighted by Crippen LogP contribution is -2.39. The van der Waals surface area contributed by atoms with E-state index in [4.69, 9.17) is 11.6 Å². The standard InChI is InChI=1S/C17H19ClN6O3.ClH/c18-13-3-1-2-12(15(13)24(26)27)17(25)22-7-4-11(5-8-22)16-21-20-14-10-19-6-9-23(14)16;/h1-3,11,19H,4-10H2;1H. The number of piperidine rings is 1. The van der Waals surface area contributed by atoms with Gasteiger partial charge in [0.2, 0.25) is 0 Å². The minimum atomic E-state index is -0.598. The molecule has 2 aliphatic heterocycles. The molecule has 1 fully saturated rings. The van der Waals surface area contributed by atoms with Crippen LogP contribution in [-0.4, -0.2) is 50.1 Å². The van der Waals surface area contributed by atoms with Crippen molar-refractivity contribution >= 4 is 35.6 Å². The molecule has 1 aromatic heterocycles. The normalized spacial score (nSPS) is 17.0. The average Bonchev–Trinajstić information content (AvgIpc) is 3.11. The molecule has 0 atom stereocenters. The van der Waals surface area contributed by atoms with Crippen LogP contribution in [0, 0.1) is 10.1 Å².